The molecule has 174 valence electrons. The Kier molecular flexibility index (Phi) is 7.26. The maximum absolute atomic E-state index is 11.5. The van der Waals surface area contributed by atoms with Crippen molar-refractivity contribution in [2.75, 3.05) is 0 Å². The number of aliphatic carboxylic acids is 1. The number of fused-ring (bicyclic) bond motifs is 3. The third-order valence-electron chi connectivity index (χ3n) is 9.94. The summed E-state index contributed by atoms with van der Waals surface area (Å²) in [4.78, 5) is 11.1. The number of carboxylic acid groups (broad SMARTS) is 1. The van der Waals surface area contributed by atoms with Crippen molar-refractivity contribution in [2.45, 2.75) is 110 Å². The minimum absolute atomic E-state index is 0.177. The fraction of sp³-hybridized carbons (Fsp3) is 0.960. The SMILES string of the molecule is CC1CC[C@@H](O)CCC[C@@H](O)[C@@]2(C)C3CCC([C@H](C)CCC(=O)O)[C@@]3(C)[C@@H](O)C[C@H]12. The van der Waals surface area contributed by atoms with E-state index in [1.54, 1.807) is 0 Å². The first-order valence-corrected chi connectivity index (χ1v) is 12.3. The number of rotatable bonds is 4. The Labute approximate surface area is 182 Å². The maximum Gasteiger partial charge on any atom is 0.303 e. The fourth-order valence-electron chi connectivity index (χ4n) is 8.13. The molecular weight excluding hydrogens is 380 g/mol. The second kappa shape index (κ2) is 9.07. The predicted molar refractivity (Wildman–Crippen MR) is 117 cm³/mol. The van der Waals surface area contributed by atoms with Gasteiger partial charge in [0, 0.05) is 11.8 Å². The average molecular weight is 425 g/mol. The summed E-state index contributed by atoms with van der Waals surface area (Å²) in [7, 11) is 0. The second-order valence-corrected chi connectivity index (χ2v) is 11.4. The first-order chi connectivity index (χ1) is 14.0. The van der Waals surface area contributed by atoms with Crippen LogP contribution in [0.1, 0.15) is 91.9 Å². The van der Waals surface area contributed by atoms with Crippen molar-refractivity contribution < 1.29 is 25.2 Å². The number of hydrogen-bond acceptors (Lipinski definition) is 4. The lowest BCUT2D eigenvalue weighted by atomic mass is 9.45. The number of hydrogen-bond donors (Lipinski definition) is 4. The number of carbonyl (C=O) groups is 1. The van der Waals surface area contributed by atoms with Crippen LogP contribution in [-0.2, 0) is 4.79 Å². The largest absolute Gasteiger partial charge is 0.481 e. The van der Waals surface area contributed by atoms with Crippen molar-refractivity contribution >= 4 is 5.97 Å². The molecule has 5 heteroatoms. The van der Waals surface area contributed by atoms with E-state index in [4.69, 9.17) is 5.11 Å². The molecule has 10 atom stereocenters. The Morgan fingerprint density at radius 1 is 0.967 bits per heavy atom. The summed E-state index contributed by atoms with van der Waals surface area (Å²) >= 11 is 0. The molecule has 4 N–H and O–H groups in total. The lowest BCUT2D eigenvalue weighted by Gasteiger charge is -2.61. The Morgan fingerprint density at radius 3 is 2.33 bits per heavy atom. The van der Waals surface area contributed by atoms with Crippen LogP contribution >= 0.6 is 0 Å². The summed E-state index contributed by atoms with van der Waals surface area (Å²) in [5, 5.41) is 42.4. The van der Waals surface area contributed by atoms with Crippen molar-refractivity contribution in [2.24, 2.45) is 40.4 Å². The van der Waals surface area contributed by atoms with Gasteiger partial charge in [0.25, 0.3) is 0 Å². The predicted octanol–water partition coefficient (Wildman–Crippen LogP) is 4.23. The molecule has 30 heavy (non-hydrogen) atoms. The summed E-state index contributed by atoms with van der Waals surface area (Å²) in [6.07, 6.45) is 6.40. The summed E-state index contributed by atoms with van der Waals surface area (Å²) in [6.45, 7) is 8.88. The lowest BCUT2D eigenvalue weighted by Crippen LogP contribution is -2.61. The van der Waals surface area contributed by atoms with Gasteiger partial charge >= 0.3 is 5.97 Å². The summed E-state index contributed by atoms with van der Waals surface area (Å²) < 4.78 is 0. The molecule has 0 aromatic carbocycles. The van der Waals surface area contributed by atoms with E-state index in [0.29, 0.717) is 25.2 Å². The second-order valence-electron chi connectivity index (χ2n) is 11.4. The van der Waals surface area contributed by atoms with Gasteiger partial charge in [-0.1, -0.05) is 27.7 Å². The quantitative estimate of drug-likeness (QED) is 0.541. The van der Waals surface area contributed by atoms with Gasteiger partial charge < -0.3 is 20.4 Å². The highest BCUT2D eigenvalue weighted by Gasteiger charge is 2.65. The Bertz CT molecular complexity index is 608. The van der Waals surface area contributed by atoms with Gasteiger partial charge in [-0.25, -0.2) is 0 Å². The molecule has 0 saturated heterocycles. The smallest absolute Gasteiger partial charge is 0.303 e. The van der Waals surface area contributed by atoms with Gasteiger partial charge in [-0.3, -0.25) is 4.79 Å². The monoisotopic (exact) mass is 424 g/mol. The number of carboxylic acids is 1. The zero-order chi connectivity index (χ0) is 22.3. The van der Waals surface area contributed by atoms with E-state index in [-0.39, 0.29) is 47.0 Å². The molecule has 0 aromatic heterocycles. The molecule has 3 aliphatic rings. The number of aliphatic hydroxyl groups is 3. The van der Waals surface area contributed by atoms with Crippen LogP contribution < -0.4 is 0 Å². The van der Waals surface area contributed by atoms with Gasteiger partial charge in [-0.05, 0) is 92.8 Å². The average Bonchev–Trinajstić information content (AvgIpc) is 3.05. The standard InChI is InChI=1S/C25H44O5/c1-15(9-13-23(29)30)18-11-12-20-24(18,3)22(28)14-19-16(2)8-10-17(26)6-5-7-21(27)25(19,20)4/h15-22,26-28H,5-14H2,1-4H3,(H,29,30)/t15-,16?,17+,18?,19-,20?,21-,22+,24-,25-/m1/s1. The Balaban J connectivity index is 1.93. The molecule has 3 rings (SSSR count). The van der Waals surface area contributed by atoms with Gasteiger partial charge in [0.2, 0.25) is 0 Å². The fourth-order valence-corrected chi connectivity index (χ4v) is 8.13. The Morgan fingerprint density at radius 2 is 1.67 bits per heavy atom. The maximum atomic E-state index is 11.5. The van der Waals surface area contributed by atoms with Crippen LogP contribution in [0.2, 0.25) is 0 Å². The van der Waals surface area contributed by atoms with Crippen LogP contribution in [0, 0.1) is 40.4 Å². The molecular formula is C25H44O5. The Hall–Kier alpha value is -0.650. The van der Waals surface area contributed by atoms with Crippen LogP contribution in [-0.4, -0.2) is 44.7 Å². The van der Waals surface area contributed by atoms with Gasteiger partial charge in [-0.15, -0.1) is 0 Å². The molecule has 3 fully saturated rings. The van der Waals surface area contributed by atoms with Crippen molar-refractivity contribution in [1.82, 2.24) is 0 Å². The van der Waals surface area contributed by atoms with Crippen LogP contribution in [0.4, 0.5) is 0 Å². The highest BCUT2D eigenvalue weighted by molar-refractivity contribution is 5.66. The van der Waals surface area contributed by atoms with E-state index in [9.17, 15) is 20.1 Å². The first-order valence-electron chi connectivity index (χ1n) is 12.3. The molecule has 0 heterocycles. The molecule has 0 amide bonds. The molecule has 0 radical (unpaired) electrons. The summed E-state index contributed by atoms with van der Waals surface area (Å²) in [6, 6.07) is 0. The van der Waals surface area contributed by atoms with E-state index in [0.717, 1.165) is 38.5 Å². The molecule has 3 saturated carbocycles. The number of aliphatic hydroxyl groups excluding tert-OH is 3. The van der Waals surface area contributed by atoms with Gasteiger partial charge in [0.15, 0.2) is 0 Å². The van der Waals surface area contributed by atoms with Gasteiger partial charge in [0.1, 0.15) is 0 Å². The minimum atomic E-state index is -0.753. The molecule has 0 spiro atoms. The zero-order valence-corrected chi connectivity index (χ0v) is 19.4. The van der Waals surface area contributed by atoms with Crippen LogP contribution in [0.3, 0.4) is 0 Å². The highest BCUT2D eigenvalue weighted by atomic mass is 16.4. The molecule has 0 aromatic rings. The van der Waals surface area contributed by atoms with Crippen molar-refractivity contribution in [3.63, 3.8) is 0 Å². The van der Waals surface area contributed by atoms with Gasteiger partial charge in [0.05, 0.1) is 18.3 Å². The van der Waals surface area contributed by atoms with Crippen molar-refractivity contribution in [1.29, 1.82) is 0 Å². The molecule has 3 aliphatic carbocycles. The zero-order valence-electron chi connectivity index (χ0n) is 19.4. The van der Waals surface area contributed by atoms with E-state index < -0.39 is 18.2 Å². The third kappa shape index (κ3) is 4.06. The molecule has 0 aliphatic heterocycles. The van der Waals surface area contributed by atoms with Crippen LogP contribution in [0.15, 0.2) is 0 Å². The lowest BCUT2D eigenvalue weighted by molar-refractivity contribution is -0.195. The van der Waals surface area contributed by atoms with E-state index in [2.05, 4.69) is 27.7 Å². The third-order valence-corrected chi connectivity index (χ3v) is 9.94. The van der Waals surface area contributed by atoms with E-state index in [1.165, 1.54) is 0 Å². The highest BCUT2D eigenvalue weighted by Crippen LogP contribution is 2.67. The molecule has 3 unspecified atom stereocenters. The first kappa shape index (κ1) is 24.0. The van der Waals surface area contributed by atoms with Crippen LogP contribution in [0.25, 0.3) is 0 Å². The molecule has 5 nitrogen and oxygen atoms in total. The van der Waals surface area contributed by atoms with Crippen LogP contribution in [0.5, 0.6) is 0 Å². The van der Waals surface area contributed by atoms with Gasteiger partial charge in [-0.2, -0.15) is 0 Å². The summed E-state index contributed by atoms with van der Waals surface area (Å²) in [5.41, 5.74) is -0.537. The van der Waals surface area contributed by atoms with E-state index >= 15 is 0 Å². The topological polar surface area (TPSA) is 98.0 Å². The summed E-state index contributed by atoms with van der Waals surface area (Å²) in [5.74, 6) is 0.595. The normalized spacial score (nSPS) is 48.4. The molecule has 0 bridgehead atoms. The van der Waals surface area contributed by atoms with E-state index in [1.807, 2.05) is 0 Å². The van der Waals surface area contributed by atoms with Crippen molar-refractivity contribution in [3.05, 3.63) is 0 Å². The minimum Gasteiger partial charge on any atom is -0.481 e. The van der Waals surface area contributed by atoms with Crippen molar-refractivity contribution in [3.8, 4) is 0 Å².